The largest absolute Gasteiger partial charge is 0.481 e. The summed E-state index contributed by atoms with van der Waals surface area (Å²) in [5, 5.41) is 20.0. The third-order valence-corrected chi connectivity index (χ3v) is 2.49. The van der Waals surface area contributed by atoms with Crippen molar-refractivity contribution in [3.8, 4) is 0 Å². The zero-order valence-electron chi connectivity index (χ0n) is 10.5. The maximum Gasteiger partial charge on any atom is 0.317 e. The monoisotopic (exact) mass is 246 g/mol. The number of carbonyl (C=O) groups excluding carboxylic acids is 1. The number of hydrogen-bond acceptors (Lipinski definition) is 3. The molecule has 1 unspecified atom stereocenters. The van der Waals surface area contributed by atoms with Gasteiger partial charge in [0, 0.05) is 26.1 Å². The number of nitrogens with zero attached hydrogens (tertiary/aromatic N) is 1. The van der Waals surface area contributed by atoms with E-state index >= 15 is 0 Å². The number of amides is 2. The normalized spacial score (nSPS) is 11.9. The topological polar surface area (TPSA) is 89.9 Å². The second-order valence-corrected chi connectivity index (χ2v) is 4.03. The number of carboxylic acids is 1. The molecule has 0 fully saturated rings. The van der Waals surface area contributed by atoms with Crippen molar-refractivity contribution in [2.75, 3.05) is 26.2 Å². The second-order valence-electron chi connectivity index (χ2n) is 4.03. The lowest BCUT2D eigenvalue weighted by molar-refractivity contribution is -0.137. The standard InChI is InChI=1S/C11H22N2O4/c1-3-13(6-7-14)11(17)12-8-9(2)4-5-10(15)16/h9,14H,3-8H2,1-2H3,(H,12,17)(H,15,16). The molecule has 100 valence electrons. The first-order valence-corrected chi connectivity index (χ1v) is 5.86. The summed E-state index contributed by atoms with van der Waals surface area (Å²) in [6, 6.07) is -0.219. The van der Waals surface area contributed by atoms with Gasteiger partial charge in [0.15, 0.2) is 0 Å². The highest BCUT2D eigenvalue weighted by molar-refractivity contribution is 5.74. The minimum atomic E-state index is -0.821. The van der Waals surface area contributed by atoms with Crippen molar-refractivity contribution in [3.05, 3.63) is 0 Å². The van der Waals surface area contributed by atoms with Gasteiger partial charge in [-0.15, -0.1) is 0 Å². The summed E-state index contributed by atoms with van der Waals surface area (Å²) in [5.74, 6) is -0.693. The zero-order valence-corrected chi connectivity index (χ0v) is 10.5. The third kappa shape index (κ3) is 7.57. The highest BCUT2D eigenvalue weighted by Gasteiger charge is 2.12. The van der Waals surface area contributed by atoms with Crippen LogP contribution in [-0.2, 0) is 4.79 Å². The molecule has 17 heavy (non-hydrogen) atoms. The Labute approximate surface area is 102 Å². The van der Waals surface area contributed by atoms with Gasteiger partial charge < -0.3 is 20.4 Å². The predicted octanol–water partition coefficient (Wildman–Crippen LogP) is 0.511. The van der Waals surface area contributed by atoms with Crippen LogP contribution in [0.1, 0.15) is 26.7 Å². The molecule has 0 aromatic carbocycles. The second kappa shape index (κ2) is 8.81. The molecule has 6 nitrogen and oxygen atoms in total. The molecule has 0 saturated heterocycles. The predicted molar refractivity (Wildman–Crippen MR) is 63.8 cm³/mol. The van der Waals surface area contributed by atoms with Crippen LogP contribution in [0, 0.1) is 5.92 Å². The first kappa shape index (κ1) is 15.7. The smallest absolute Gasteiger partial charge is 0.317 e. The quantitative estimate of drug-likeness (QED) is 0.582. The number of aliphatic hydroxyl groups excluding tert-OH is 1. The first-order valence-electron chi connectivity index (χ1n) is 5.86. The van der Waals surface area contributed by atoms with Crippen molar-refractivity contribution in [2.24, 2.45) is 5.92 Å². The first-order chi connectivity index (χ1) is 8.01. The maximum atomic E-state index is 11.6. The van der Waals surface area contributed by atoms with E-state index < -0.39 is 5.97 Å². The van der Waals surface area contributed by atoms with E-state index in [9.17, 15) is 9.59 Å². The molecular formula is C11H22N2O4. The molecule has 2 amide bonds. The van der Waals surface area contributed by atoms with E-state index in [0.717, 1.165) is 0 Å². The average Bonchev–Trinajstić information content (AvgIpc) is 2.30. The fourth-order valence-corrected chi connectivity index (χ4v) is 1.37. The van der Waals surface area contributed by atoms with Crippen LogP contribution in [0.4, 0.5) is 4.79 Å². The van der Waals surface area contributed by atoms with Crippen LogP contribution in [0.5, 0.6) is 0 Å². The van der Waals surface area contributed by atoms with Gasteiger partial charge in [0.1, 0.15) is 0 Å². The Morgan fingerprint density at radius 1 is 1.41 bits per heavy atom. The zero-order chi connectivity index (χ0) is 13.3. The Bertz CT molecular complexity index is 246. The number of hydrogen-bond donors (Lipinski definition) is 3. The van der Waals surface area contributed by atoms with Gasteiger partial charge in [-0.25, -0.2) is 4.79 Å². The van der Waals surface area contributed by atoms with Gasteiger partial charge in [0.05, 0.1) is 6.61 Å². The Morgan fingerprint density at radius 3 is 2.53 bits per heavy atom. The summed E-state index contributed by atoms with van der Waals surface area (Å²) in [4.78, 5) is 23.5. The lowest BCUT2D eigenvalue weighted by atomic mass is 10.1. The molecule has 1 atom stereocenters. The number of likely N-dealkylation sites (N-methyl/N-ethyl adjacent to an activating group) is 1. The van der Waals surface area contributed by atoms with Crippen LogP contribution >= 0.6 is 0 Å². The molecule has 0 rings (SSSR count). The maximum absolute atomic E-state index is 11.6. The van der Waals surface area contributed by atoms with Gasteiger partial charge in [-0.1, -0.05) is 6.92 Å². The van der Waals surface area contributed by atoms with E-state index in [2.05, 4.69) is 5.32 Å². The summed E-state index contributed by atoms with van der Waals surface area (Å²) in [5.41, 5.74) is 0. The average molecular weight is 246 g/mol. The van der Waals surface area contributed by atoms with Crippen molar-refractivity contribution < 1.29 is 19.8 Å². The van der Waals surface area contributed by atoms with E-state index in [0.29, 0.717) is 26.1 Å². The van der Waals surface area contributed by atoms with Gasteiger partial charge in [-0.05, 0) is 19.3 Å². The Balaban J connectivity index is 3.84. The number of carbonyl (C=O) groups is 2. The van der Waals surface area contributed by atoms with Gasteiger partial charge in [-0.3, -0.25) is 4.79 Å². The molecule has 0 aliphatic carbocycles. The highest BCUT2D eigenvalue weighted by atomic mass is 16.4. The fraction of sp³-hybridized carbons (Fsp3) is 0.818. The molecule has 0 heterocycles. The lowest BCUT2D eigenvalue weighted by Crippen LogP contribution is -2.42. The molecule has 0 aromatic heterocycles. The van der Waals surface area contributed by atoms with Crippen LogP contribution in [0.25, 0.3) is 0 Å². The third-order valence-electron chi connectivity index (χ3n) is 2.49. The summed E-state index contributed by atoms with van der Waals surface area (Å²) >= 11 is 0. The molecular weight excluding hydrogens is 224 g/mol. The van der Waals surface area contributed by atoms with Crippen LogP contribution in [0.15, 0.2) is 0 Å². The minimum absolute atomic E-state index is 0.0597. The summed E-state index contributed by atoms with van der Waals surface area (Å²) in [6.45, 7) is 4.97. The Morgan fingerprint density at radius 2 is 2.06 bits per heavy atom. The number of nitrogens with one attached hydrogen (secondary N) is 1. The van der Waals surface area contributed by atoms with E-state index in [1.165, 1.54) is 4.90 Å². The molecule has 6 heteroatoms. The molecule has 0 radical (unpaired) electrons. The minimum Gasteiger partial charge on any atom is -0.481 e. The summed E-state index contributed by atoms with van der Waals surface area (Å²) in [7, 11) is 0. The van der Waals surface area contributed by atoms with Crippen LogP contribution in [0.3, 0.4) is 0 Å². The number of rotatable bonds is 8. The van der Waals surface area contributed by atoms with Gasteiger partial charge >= 0.3 is 12.0 Å². The summed E-state index contributed by atoms with van der Waals surface area (Å²) < 4.78 is 0. The molecule has 0 aliphatic rings. The fourth-order valence-electron chi connectivity index (χ4n) is 1.37. The van der Waals surface area contributed by atoms with Crippen molar-refractivity contribution in [3.63, 3.8) is 0 Å². The summed E-state index contributed by atoms with van der Waals surface area (Å²) in [6.07, 6.45) is 0.660. The van der Waals surface area contributed by atoms with E-state index in [1.807, 2.05) is 13.8 Å². The van der Waals surface area contributed by atoms with E-state index in [4.69, 9.17) is 10.2 Å². The van der Waals surface area contributed by atoms with E-state index in [-0.39, 0.29) is 25.0 Å². The molecule has 0 spiro atoms. The highest BCUT2D eigenvalue weighted by Crippen LogP contribution is 2.04. The molecule has 0 saturated carbocycles. The van der Waals surface area contributed by atoms with Gasteiger partial charge in [0.25, 0.3) is 0 Å². The van der Waals surface area contributed by atoms with Crippen molar-refractivity contribution >= 4 is 12.0 Å². The lowest BCUT2D eigenvalue weighted by Gasteiger charge is -2.21. The Hall–Kier alpha value is -1.30. The molecule has 3 N–H and O–H groups in total. The van der Waals surface area contributed by atoms with Crippen molar-refractivity contribution in [1.29, 1.82) is 0 Å². The van der Waals surface area contributed by atoms with Crippen LogP contribution in [0.2, 0.25) is 0 Å². The molecule has 0 bridgehead atoms. The van der Waals surface area contributed by atoms with Crippen molar-refractivity contribution in [1.82, 2.24) is 10.2 Å². The van der Waals surface area contributed by atoms with Gasteiger partial charge in [0.2, 0.25) is 0 Å². The number of urea groups is 1. The SMILES string of the molecule is CCN(CCO)C(=O)NCC(C)CCC(=O)O. The Kier molecular flexibility index (Phi) is 8.13. The van der Waals surface area contributed by atoms with Crippen LogP contribution < -0.4 is 5.32 Å². The number of aliphatic carboxylic acids is 1. The van der Waals surface area contributed by atoms with Crippen LogP contribution in [-0.4, -0.2) is 53.4 Å². The van der Waals surface area contributed by atoms with E-state index in [1.54, 1.807) is 0 Å². The number of aliphatic hydroxyl groups is 1. The van der Waals surface area contributed by atoms with Gasteiger partial charge in [-0.2, -0.15) is 0 Å². The number of carboxylic acid groups (broad SMARTS) is 1. The van der Waals surface area contributed by atoms with Crippen molar-refractivity contribution in [2.45, 2.75) is 26.7 Å². The molecule has 0 aliphatic heterocycles. The molecule has 0 aromatic rings.